The van der Waals surface area contributed by atoms with Crippen LogP contribution >= 0.6 is 0 Å². The van der Waals surface area contributed by atoms with E-state index in [1.807, 2.05) is 0 Å². The van der Waals surface area contributed by atoms with E-state index < -0.39 is 219 Å². The normalized spacial score (nSPS) is 17.1. The highest BCUT2D eigenvalue weighted by Crippen LogP contribution is 2.63. The summed E-state index contributed by atoms with van der Waals surface area (Å²) in [6, 6.07) is 13.8. The Morgan fingerprint density at radius 2 is 0.657 bits per heavy atom. The van der Waals surface area contributed by atoms with Gasteiger partial charge in [0, 0.05) is 185 Å². The molecule has 3 aliphatic heterocycles. The van der Waals surface area contributed by atoms with Crippen LogP contribution in [0.5, 0.6) is 86.2 Å². The van der Waals surface area contributed by atoms with Crippen molar-refractivity contribution in [1.82, 2.24) is 0 Å². The van der Waals surface area contributed by atoms with Crippen molar-refractivity contribution in [1.29, 1.82) is 0 Å². The minimum atomic E-state index is -2.07. The predicted octanol–water partition coefficient (Wildman–Crippen LogP) is 8.87. The van der Waals surface area contributed by atoms with Crippen LogP contribution in [0.25, 0.3) is 11.1 Å². The smallest absolute Gasteiger partial charge is 0.308 e. The van der Waals surface area contributed by atoms with Crippen molar-refractivity contribution in [2.75, 3.05) is 0 Å². The van der Waals surface area contributed by atoms with Crippen LogP contribution in [0.1, 0.15) is 167 Å². The van der Waals surface area contributed by atoms with Gasteiger partial charge < -0.3 is 85.3 Å². The van der Waals surface area contributed by atoms with E-state index >= 15 is 0 Å². The van der Waals surface area contributed by atoms with Crippen molar-refractivity contribution in [3.63, 3.8) is 0 Å². The van der Waals surface area contributed by atoms with Gasteiger partial charge in [0.05, 0.1) is 11.5 Å². The molecule has 0 aliphatic carbocycles. The lowest BCUT2D eigenvalue weighted by molar-refractivity contribution is -0.154. The highest BCUT2D eigenvalue weighted by atomic mass is 16.6. The Labute approximate surface area is 612 Å². The third-order valence-corrected chi connectivity index (χ3v) is 15.5. The number of carbonyl (C=O) groups is 15. The van der Waals surface area contributed by atoms with Crippen LogP contribution in [0.4, 0.5) is 0 Å². The summed E-state index contributed by atoms with van der Waals surface area (Å²) in [5.74, 6) is -23.7. The fraction of sp³-hybridized carbons (Fsp3) is 0.320. The average Bonchev–Trinajstić information content (AvgIpc) is 0.709. The summed E-state index contributed by atoms with van der Waals surface area (Å²) in [4.78, 5) is 200. The first-order valence-electron chi connectivity index (χ1n) is 32.6. The molecule has 108 heavy (non-hydrogen) atoms. The Morgan fingerprint density at radius 1 is 0.296 bits per heavy atom. The van der Waals surface area contributed by atoms with Crippen molar-refractivity contribution in [2.24, 2.45) is 0 Å². The number of rotatable bonds is 20. The molecule has 0 radical (unpaired) electrons. The molecule has 0 saturated heterocycles. The van der Waals surface area contributed by atoms with Gasteiger partial charge in [0.2, 0.25) is 0 Å². The Bertz CT molecular complexity index is 4810. The molecule has 0 N–H and O–H groups in total. The van der Waals surface area contributed by atoms with E-state index in [4.69, 9.17) is 85.3 Å². The van der Waals surface area contributed by atoms with Gasteiger partial charge >= 0.3 is 89.5 Å². The average molecular weight is 1500 g/mol. The molecule has 0 saturated carbocycles. The number of esters is 15. The Hall–Kier alpha value is -13.2. The molecule has 0 bridgehead atoms. The Balaban J connectivity index is 1.55. The molecule has 6 aromatic rings. The molecule has 0 unspecified atom stereocenters. The van der Waals surface area contributed by atoms with E-state index in [0.29, 0.717) is 0 Å². The predicted molar refractivity (Wildman–Crippen MR) is 359 cm³/mol. The number of hydrogen-bond donors (Lipinski definition) is 0. The Kier molecular flexibility index (Phi) is 24.0. The molecule has 7 atom stereocenters. The first kappa shape index (κ1) is 78.9. The van der Waals surface area contributed by atoms with Crippen LogP contribution < -0.4 is 71.1 Å². The largest absolute Gasteiger partial charge is 0.481 e. The number of benzene rings is 6. The molecule has 33 heteroatoms. The molecule has 3 aliphatic rings. The maximum absolute atomic E-state index is 14.4. The SMILES string of the molecule is CC(=O)Oc1cc(OC(C)=O)c2c(c1)O[C@@H](c1cc(OC(C)=O)c(OC(C)=O)cc1-c1c(OC(C)=O)cc(OC(C)=O)c3c1O[C@H](c1ccc(OC(C)=O)c(OC(C)=O)c1)[C@@H](OC(C)=O)[C@H]3c1c(OC(C)=O)cc(OC(C)=O)c3c1O[C@@H](c1ccc(OC(C)=O)c(OC(C)=O)c1)[C@H](OC(C)=O)C3)[C@H](OC(C)=O)C2. The summed E-state index contributed by atoms with van der Waals surface area (Å²) in [6.07, 6.45) is -11.6. The molecular formula is C75H68O33. The van der Waals surface area contributed by atoms with Gasteiger partial charge in [-0.15, -0.1) is 0 Å². The lowest BCUT2D eigenvalue weighted by Gasteiger charge is -2.43. The number of ether oxygens (including phenoxy) is 18. The molecule has 0 spiro atoms. The molecule has 0 aromatic heterocycles. The van der Waals surface area contributed by atoms with Crippen molar-refractivity contribution >= 4 is 89.5 Å². The van der Waals surface area contributed by atoms with Crippen LogP contribution in [-0.2, 0) is 99.0 Å². The topological polar surface area (TPSA) is 422 Å². The number of carbonyl (C=O) groups excluding carboxylic acids is 15. The summed E-state index contributed by atoms with van der Waals surface area (Å²) in [7, 11) is 0. The summed E-state index contributed by atoms with van der Waals surface area (Å²) < 4.78 is 108. The number of fused-ring (bicyclic) bond motifs is 3. The first-order valence-corrected chi connectivity index (χ1v) is 32.6. The zero-order valence-electron chi connectivity index (χ0n) is 60.4. The monoisotopic (exact) mass is 1500 g/mol. The molecule has 9 rings (SSSR count). The third-order valence-electron chi connectivity index (χ3n) is 15.5. The maximum Gasteiger partial charge on any atom is 0.308 e. The van der Waals surface area contributed by atoms with E-state index in [1.54, 1.807) is 0 Å². The molecule has 3 heterocycles. The second-order valence-corrected chi connectivity index (χ2v) is 24.3. The van der Waals surface area contributed by atoms with Crippen molar-refractivity contribution in [3.8, 4) is 97.4 Å². The van der Waals surface area contributed by atoms with E-state index in [2.05, 4.69) is 0 Å². The first-order chi connectivity index (χ1) is 50.8. The van der Waals surface area contributed by atoms with Crippen LogP contribution in [0, 0.1) is 0 Å². The summed E-state index contributed by atoms with van der Waals surface area (Å²) in [5, 5.41) is 0. The zero-order valence-corrected chi connectivity index (χ0v) is 60.4. The van der Waals surface area contributed by atoms with Crippen LogP contribution in [0.2, 0.25) is 0 Å². The summed E-state index contributed by atoms with van der Waals surface area (Å²) in [6.45, 7) is 15.2. The van der Waals surface area contributed by atoms with E-state index in [1.165, 1.54) is 36.4 Å². The Morgan fingerprint density at radius 3 is 1.12 bits per heavy atom. The van der Waals surface area contributed by atoms with E-state index in [0.717, 1.165) is 140 Å². The van der Waals surface area contributed by atoms with Gasteiger partial charge in [-0.1, -0.05) is 12.1 Å². The molecule has 566 valence electrons. The molecule has 0 amide bonds. The van der Waals surface area contributed by atoms with E-state index in [-0.39, 0.29) is 62.3 Å². The minimum Gasteiger partial charge on any atom is -0.481 e. The van der Waals surface area contributed by atoms with Gasteiger partial charge in [0.15, 0.2) is 58.9 Å². The zero-order chi connectivity index (χ0) is 79.2. The van der Waals surface area contributed by atoms with Gasteiger partial charge in [-0.2, -0.15) is 0 Å². The molecule has 33 nitrogen and oxygen atoms in total. The van der Waals surface area contributed by atoms with Gasteiger partial charge in [-0.25, -0.2) is 0 Å². The highest BCUT2D eigenvalue weighted by Gasteiger charge is 2.52. The fourth-order valence-electron chi connectivity index (χ4n) is 12.4. The van der Waals surface area contributed by atoms with E-state index in [9.17, 15) is 71.9 Å². The van der Waals surface area contributed by atoms with Crippen molar-refractivity contribution < 1.29 is 157 Å². The summed E-state index contributed by atoms with van der Waals surface area (Å²) >= 11 is 0. The van der Waals surface area contributed by atoms with Gasteiger partial charge in [0.25, 0.3) is 0 Å². The third kappa shape index (κ3) is 18.6. The fourth-order valence-corrected chi connectivity index (χ4v) is 12.4. The van der Waals surface area contributed by atoms with Crippen molar-refractivity contribution in [2.45, 2.75) is 159 Å². The standard InChI is InChI=1S/C75H68O33/c1-30(76)91-47-22-54(94-33(4)79)50-26-65(104-43(14)89)72(106-55(50)23-47)49-25-60(99-38(9)84)59(98-37(8)83)24-48(49)66-61(100-39(10)85)29-63(102-41(12)87)68-69(75(105-44(15)90)71(108-74(66)68)46-17-19-53(93-32(3)78)58(21-46)97-36(7)82)67-62(101-40(11)86)28-56(95-34(5)80)51-27-64(103-42(13)88)70(107-73(51)67)45-16-18-52(92-31(2)77)57(20-45)96-35(6)81/h16-25,28-29,64-65,69-72,75H,26-27H2,1-15H3/t64-,65-,69+,70+,71-,72+,75+/m1/s1. The summed E-state index contributed by atoms with van der Waals surface area (Å²) in [5.41, 5.74) is -2.52. The lowest BCUT2D eigenvalue weighted by atomic mass is 9.75. The van der Waals surface area contributed by atoms with Crippen LogP contribution in [0.15, 0.2) is 72.8 Å². The quantitative estimate of drug-likeness (QED) is 0.0391. The molecular weight excluding hydrogens is 1430 g/mol. The highest BCUT2D eigenvalue weighted by molar-refractivity contribution is 5.91. The second kappa shape index (κ2) is 32.8. The van der Waals surface area contributed by atoms with Crippen LogP contribution in [0.3, 0.4) is 0 Å². The lowest BCUT2D eigenvalue weighted by Crippen LogP contribution is -2.40. The molecule has 0 fully saturated rings. The van der Waals surface area contributed by atoms with Crippen molar-refractivity contribution in [3.05, 3.63) is 112 Å². The minimum absolute atomic E-state index is 0.0170. The van der Waals surface area contributed by atoms with Gasteiger partial charge in [-0.05, 0) is 36.4 Å². The van der Waals surface area contributed by atoms with Crippen LogP contribution in [-0.4, -0.2) is 108 Å². The maximum atomic E-state index is 14.4. The number of hydrogen-bond acceptors (Lipinski definition) is 33. The van der Waals surface area contributed by atoms with Gasteiger partial charge in [-0.3, -0.25) is 71.9 Å². The second-order valence-electron chi connectivity index (χ2n) is 24.3. The van der Waals surface area contributed by atoms with Gasteiger partial charge in [0.1, 0.15) is 64.0 Å². The molecule has 6 aromatic carbocycles.